The number of morpholine rings is 1. The van der Waals surface area contributed by atoms with Crippen molar-refractivity contribution in [2.75, 3.05) is 18.5 Å². The monoisotopic (exact) mass is 362 g/mol. The summed E-state index contributed by atoms with van der Waals surface area (Å²) in [5, 5.41) is 3.31. The van der Waals surface area contributed by atoms with Crippen molar-refractivity contribution < 1.29 is 18.7 Å². The van der Waals surface area contributed by atoms with Gasteiger partial charge in [0, 0.05) is 17.3 Å². The van der Waals surface area contributed by atoms with E-state index in [2.05, 4.69) is 5.32 Å². The minimum Gasteiger partial charge on any atom is -0.369 e. The number of benzene rings is 2. The molecule has 0 spiro atoms. The van der Waals surface area contributed by atoms with E-state index in [0.29, 0.717) is 10.7 Å². The van der Waals surface area contributed by atoms with E-state index in [1.807, 2.05) is 0 Å². The van der Waals surface area contributed by atoms with E-state index < -0.39 is 6.04 Å². The lowest BCUT2D eigenvalue weighted by atomic mass is 10.1. The second kappa shape index (κ2) is 7.63. The fourth-order valence-corrected chi connectivity index (χ4v) is 2.69. The molecule has 1 aliphatic heterocycles. The molecule has 0 radical (unpaired) electrons. The van der Waals surface area contributed by atoms with Crippen LogP contribution in [0.3, 0.4) is 0 Å². The predicted octanol–water partition coefficient (Wildman–Crippen LogP) is 2.85. The van der Waals surface area contributed by atoms with Crippen molar-refractivity contribution in [3.63, 3.8) is 0 Å². The van der Waals surface area contributed by atoms with Gasteiger partial charge in [0.2, 0.25) is 11.8 Å². The molecule has 5 nitrogen and oxygen atoms in total. The van der Waals surface area contributed by atoms with Crippen molar-refractivity contribution in [3.05, 3.63) is 64.9 Å². The number of amides is 2. The van der Waals surface area contributed by atoms with E-state index in [-0.39, 0.29) is 37.4 Å². The zero-order valence-corrected chi connectivity index (χ0v) is 14.0. The van der Waals surface area contributed by atoms with Crippen LogP contribution in [0.4, 0.5) is 10.1 Å². The van der Waals surface area contributed by atoms with Crippen LogP contribution in [0.2, 0.25) is 5.02 Å². The van der Waals surface area contributed by atoms with Crippen LogP contribution in [0.5, 0.6) is 0 Å². The van der Waals surface area contributed by atoms with Crippen molar-refractivity contribution in [1.82, 2.24) is 4.90 Å². The Morgan fingerprint density at radius 2 is 1.88 bits per heavy atom. The maximum absolute atomic E-state index is 13.0. The Kier molecular flexibility index (Phi) is 5.31. The van der Waals surface area contributed by atoms with Crippen molar-refractivity contribution in [2.24, 2.45) is 0 Å². The van der Waals surface area contributed by atoms with Crippen LogP contribution >= 0.6 is 11.6 Å². The zero-order valence-electron chi connectivity index (χ0n) is 13.2. The first kappa shape index (κ1) is 17.4. The molecule has 1 saturated heterocycles. The molecule has 3 rings (SSSR count). The minimum absolute atomic E-state index is 0.0775. The van der Waals surface area contributed by atoms with Crippen molar-refractivity contribution >= 4 is 29.1 Å². The van der Waals surface area contributed by atoms with Gasteiger partial charge in [-0.15, -0.1) is 0 Å². The lowest BCUT2D eigenvalue weighted by molar-refractivity contribution is -0.154. The van der Waals surface area contributed by atoms with Crippen LogP contribution in [-0.4, -0.2) is 36.0 Å². The molecule has 7 heteroatoms. The molecule has 0 bridgehead atoms. The number of hydrogen-bond acceptors (Lipinski definition) is 3. The molecular weight excluding hydrogens is 347 g/mol. The Balaban J connectivity index is 1.74. The Morgan fingerprint density at radius 1 is 1.20 bits per heavy atom. The van der Waals surface area contributed by atoms with E-state index in [1.165, 1.54) is 17.0 Å². The molecule has 2 aromatic rings. The van der Waals surface area contributed by atoms with Gasteiger partial charge < -0.3 is 15.0 Å². The number of hydrogen-bond donors (Lipinski definition) is 1. The topological polar surface area (TPSA) is 58.6 Å². The van der Waals surface area contributed by atoms with Crippen LogP contribution in [0.15, 0.2) is 48.5 Å². The van der Waals surface area contributed by atoms with Crippen LogP contribution in [0.25, 0.3) is 0 Å². The highest BCUT2D eigenvalue weighted by atomic mass is 35.5. The summed E-state index contributed by atoms with van der Waals surface area (Å²) in [7, 11) is 0. The maximum atomic E-state index is 13.0. The van der Waals surface area contributed by atoms with Gasteiger partial charge in [-0.3, -0.25) is 9.59 Å². The number of anilines is 1. The molecule has 0 aliphatic carbocycles. The Bertz CT molecular complexity index is 765. The maximum Gasteiger partial charge on any atom is 0.249 e. The number of carbonyl (C=O) groups is 2. The fraction of sp³-hybridized carbons (Fsp3) is 0.222. The molecule has 25 heavy (non-hydrogen) atoms. The number of carbonyl (C=O) groups excluding carboxylic acids is 2. The summed E-state index contributed by atoms with van der Waals surface area (Å²) in [6.45, 7) is 0.236. The van der Waals surface area contributed by atoms with Crippen LogP contribution in [-0.2, 0) is 20.9 Å². The van der Waals surface area contributed by atoms with Crippen LogP contribution < -0.4 is 5.32 Å². The zero-order chi connectivity index (χ0) is 17.8. The first-order valence-electron chi connectivity index (χ1n) is 7.71. The number of halogens is 2. The number of rotatable bonds is 4. The molecule has 0 aromatic heterocycles. The summed E-state index contributed by atoms with van der Waals surface area (Å²) in [5.74, 6) is -0.988. The molecule has 2 aromatic carbocycles. The quantitative estimate of drug-likeness (QED) is 0.909. The van der Waals surface area contributed by atoms with Gasteiger partial charge >= 0.3 is 0 Å². The number of ether oxygens (including phenoxy) is 1. The standard InChI is InChI=1S/C18H16ClFN2O3/c19-13-3-7-15(8-4-13)21-18(24)16-10-25-11-17(23)22(16)9-12-1-5-14(20)6-2-12/h1-8,16H,9-11H2,(H,21,24)/t16-/m0/s1. The van der Waals surface area contributed by atoms with E-state index >= 15 is 0 Å². The lowest BCUT2D eigenvalue weighted by Crippen LogP contribution is -2.54. The molecule has 130 valence electrons. The Labute approximate surface area is 149 Å². The average molecular weight is 363 g/mol. The van der Waals surface area contributed by atoms with Gasteiger partial charge in [-0.05, 0) is 42.0 Å². The van der Waals surface area contributed by atoms with E-state index in [9.17, 15) is 14.0 Å². The fourth-order valence-electron chi connectivity index (χ4n) is 2.57. The lowest BCUT2D eigenvalue weighted by Gasteiger charge is -2.34. The highest BCUT2D eigenvalue weighted by molar-refractivity contribution is 6.30. The third-order valence-electron chi connectivity index (χ3n) is 3.88. The van der Waals surface area contributed by atoms with Gasteiger partial charge in [-0.2, -0.15) is 0 Å². The number of nitrogens with one attached hydrogen (secondary N) is 1. The summed E-state index contributed by atoms with van der Waals surface area (Å²) in [4.78, 5) is 26.2. The van der Waals surface area contributed by atoms with Gasteiger partial charge in [0.1, 0.15) is 18.5 Å². The first-order chi connectivity index (χ1) is 12.0. The highest BCUT2D eigenvalue weighted by Gasteiger charge is 2.34. The van der Waals surface area contributed by atoms with Crippen molar-refractivity contribution in [3.8, 4) is 0 Å². The van der Waals surface area contributed by atoms with Crippen LogP contribution in [0, 0.1) is 5.82 Å². The SMILES string of the molecule is O=C(Nc1ccc(Cl)cc1)[C@@H]1COCC(=O)N1Cc1ccc(F)cc1. The first-order valence-corrected chi connectivity index (χ1v) is 8.09. The molecule has 1 N–H and O–H groups in total. The van der Waals surface area contributed by atoms with E-state index in [4.69, 9.17) is 16.3 Å². The Morgan fingerprint density at radius 3 is 2.56 bits per heavy atom. The van der Waals surface area contributed by atoms with Gasteiger partial charge in [0.05, 0.1) is 6.61 Å². The van der Waals surface area contributed by atoms with E-state index in [0.717, 1.165) is 5.56 Å². The molecule has 1 heterocycles. The second-order valence-corrected chi connectivity index (χ2v) is 6.11. The summed E-state index contributed by atoms with van der Waals surface area (Å²) < 4.78 is 18.3. The molecule has 1 atom stereocenters. The normalized spacial score (nSPS) is 17.4. The minimum atomic E-state index is -0.762. The molecule has 1 aliphatic rings. The molecule has 0 unspecified atom stereocenters. The predicted molar refractivity (Wildman–Crippen MR) is 91.6 cm³/mol. The summed E-state index contributed by atoms with van der Waals surface area (Å²) in [5.41, 5.74) is 1.31. The van der Waals surface area contributed by atoms with Gasteiger partial charge in [-0.1, -0.05) is 23.7 Å². The molecule has 2 amide bonds. The largest absolute Gasteiger partial charge is 0.369 e. The smallest absolute Gasteiger partial charge is 0.249 e. The van der Waals surface area contributed by atoms with Gasteiger partial charge in [-0.25, -0.2) is 4.39 Å². The number of nitrogens with zero attached hydrogens (tertiary/aromatic N) is 1. The molecular formula is C18H16ClFN2O3. The summed E-state index contributed by atoms with van der Waals surface area (Å²) in [6, 6.07) is 11.7. The van der Waals surface area contributed by atoms with Gasteiger partial charge in [0.25, 0.3) is 0 Å². The van der Waals surface area contributed by atoms with E-state index in [1.54, 1.807) is 36.4 Å². The second-order valence-electron chi connectivity index (χ2n) is 5.68. The van der Waals surface area contributed by atoms with Crippen molar-refractivity contribution in [1.29, 1.82) is 0 Å². The Hall–Kier alpha value is -2.44. The highest BCUT2D eigenvalue weighted by Crippen LogP contribution is 2.18. The summed E-state index contributed by atoms with van der Waals surface area (Å²) in [6.07, 6.45) is 0. The molecule has 0 saturated carbocycles. The third kappa shape index (κ3) is 4.35. The van der Waals surface area contributed by atoms with Gasteiger partial charge in [0.15, 0.2) is 0 Å². The third-order valence-corrected chi connectivity index (χ3v) is 4.13. The molecule has 1 fully saturated rings. The van der Waals surface area contributed by atoms with Crippen molar-refractivity contribution in [2.45, 2.75) is 12.6 Å². The average Bonchev–Trinajstić information content (AvgIpc) is 2.60. The summed E-state index contributed by atoms with van der Waals surface area (Å²) >= 11 is 5.83. The van der Waals surface area contributed by atoms with Crippen LogP contribution in [0.1, 0.15) is 5.56 Å².